The quantitative estimate of drug-likeness (QED) is 0.228. The lowest BCUT2D eigenvalue weighted by Gasteiger charge is -2.10. The van der Waals surface area contributed by atoms with E-state index in [4.69, 9.17) is 4.74 Å². The molecule has 0 saturated heterocycles. The third kappa shape index (κ3) is 4.08. The molecule has 0 unspecified atom stereocenters. The fraction of sp³-hybridized carbons (Fsp3) is 0.167. The van der Waals surface area contributed by atoms with Crippen LogP contribution in [-0.4, -0.2) is 6.61 Å². The fourth-order valence-corrected chi connectivity index (χ4v) is 3.05. The lowest BCUT2D eigenvalue weighted by molar-refractivity contribution is 0.362. The van der Waals surface area contributed by atoms with Crippen molar-refractivity contribution in [3.05, 3.63) is 88.8 Å². The minimum Gasteiger partial charge on any atom is -0.490 e. The standard InChI is InChI=1S/C24H19F5O/c1-3-5-12-30-17-9-6-15(7-10-17)21(26)23(28)18-11-8-16-13-14(4-2)20(25)24(29)19(16)22(18)27/h3,5-11,13H,4,12H2,1-2H3. The van der Waals surface area contributed by atoms with Crippen molar-refractivity contribution in [1.82, 2.24) is 0 Å². The molecule has 3 rings (SSSR count). The molecule has 1 nitrogen and oxygen atoms in total. The number of benzene rings is 3. The van der Waals surface area contributed by atoms with Crippen molar-refractivity contribution in [1.29, 1.82) is 0 Å². The average Bonchev–Trinajstić information content (AvgIpc) is 2.76. The van der Waals surface area contributed by atoms with Crippen molar-refractivity contribution in [3.8, 4) is 5.75 Å². The zero-order valence-electron chi connectivity index (χ0n) is 16.4. The summed E-state index contributed by atoms with van der Waals surface area (Å²) in [4.78, 5) is 0. The maximum atomic E-state index is 14.8. The van der Waals surface area contributed by atoms with Crippen LogP contribution >= 0.6 is 0 Å². The number of halogens is 5. The number of ether oxygens (including phenoxy) is 1. The first-order valence-electron chi connectivity index (χ1n) is 9.38. The van der Waals surface area contributed by atoms with Crippen molar-refractivity contribution in [3.63, 3.8) is 0 Å². The second-order valence-corrected chi connectivity index (χ2v) is 6.57. The zero-order chi connectivity index (χ0) is 21.8. The highest BCUT2D eigenvalue weighted by atomic mass is 19.2. The van der Waals surface area contributed by atoms with Gasteiger partial charge in [0.05, 0.1) is 5.39 Å². The summed E-state index contributed by atoms with van der Waals surface area (Å²) in [5.74, 6) is -6.34. The SMILES string of the molecule is CC=CCOc1ccc(C(F)=C(F)c2ccc3cc(CC)c(F)c(F)c3c2F)cc1. The first kappa shape index (κ1) is 21.6. The van der Waals surface area contributed by atoms with E-state index in [0.717, 1.165) is 6.07 Å². The van der Waals surface area contributed by atoms with Gasteiger partial charge in [-0.15, -0.1) is 0 Å². The van der Waals surface area contributed by atoms with Gasteiger partial charge in [-0.1, -0.05) is 25.1 Å². The molecular weight excluding hydrogens is 399 g/mol. The van der Waals surface area contributed by atoms with E-state index in [1.807, 2.05) is 13.0 Å². The summed E-state index contributed by atoms with van der Waals surface area (Å²) in [6.45, 7) is 3.79. The van der Waals surface area contributed by atoms with E-state index in [1.165, 1.54) is 36.4 Å². The Labute approximate surface area is 171 Å². The van der Waals surface area contributed by atoms with Crippen LogP contribution in [0.3, 0.4) is 0 Å². The van der Waals surface area contributed by atoms with Gasteiger partial charge in [-0.3, -0.25) is 0 Å². The van der Waals surface area contributed by atoms with E-state index >= 15 is 0 Å². The fourth-order valence-electron chi connectivity index (χ4n) is 3.05. The van der Waals surface area contributed by atoms with Gasteiger partial charge in [-0.2, -0.15) is 0 Å². The predicted molar refractivity (Wildman–Crippen MR) is 109 cm³/mol. The molecule has 0 aliphatic heterocycles. The molecule has 3 aromatic rings. The van der Waals surface area contributed by atoms with Crippen molar-refractivity contribution in [2.24, 2.45) is 0 Å². The summed E-state index contributed by atoms with van der Waals surface area (Å²) in [7, 11) is 0. The van der Waals surface area contributed by atoms with Crippen molar-refractivity contribution in [2.45, 2.75) is 20.3 Å². The molecule has 0 aliphatic rings. The van der Waals surface area contributed by atoms with E-state index in [-0.39, 0.29) is 22.9 Å². The first-order chi connectivity index (χ1) is 14.4. The maximum absolute atomic E-state index is 14.8. The molecule has 0 amide bonds. The zero-order valence-corrected chi connectivity index (χ0v) is 16.4. The van der Waals surface area contributed by atoms with Crippen molar-refractivity contribution in [2.75, 3.05) is 6.61 Å². The summed E-state index contributed by atoms with van der Waals surface area (Å²) < 4.78 is 78.1. The number of fused-ring (bicyclic) bond motifs is 1. The van der Waals surface area contributed by atoms with Crippen LogP contribution in [0.15, 0.2) is 54.6 Å². The summed E-state index contributed by atoms with van der Waals surface area (Å²) in [5.41, 5.74) is -0.847. The second kappa shape index (κ2) is 9.11. The molecule has 6 heteroatoms. The van der Waals surface area contributed by atoms with Gasteiger partial charge >= 0.3 is 0 Å². The minimum absolute atomic E-state index is 0.0721. The Morgan fingerprint density at radius 3 is 2.23 bits per heavy atom. The van der Waals surface area contributed by atoms with Crippen molar-refractivity contribution < 1.29 is 26.7 Å². The smallest absolute Gasteiger partial charge is 0.169 e. The molecule has 0 heterocycles. The Bertz CT molecular complexity index is 1130. The Morgan fingerprint density at radius 2 is 1.60 bits per heavy atom. The summed E-state index contributed by atoms with van der Waals surface area (Å²) in [6.07, 6.45) is 3.80. The normalized spacial score (nSPS) is 12.5. The van der Waals surface area contributed by atoms with Crippen LogP contribution in [0.5, 0.6) is 5.75 Å². The highest BCUT2D eigenvalue weighted by Crippen LogP contribution is 2.35. The molecule has 0 N–H and O–H groups in total. The van der Waals surface area contributed by atoms with E-state index in [1.54, 1.807) is 13.0 Å². The lowest BCUT2D eigenvalue weighted by atomic mass is 9.99. The van der Waals surface area contributed by atoms with Gasteiger partial charge in [0, 0.05) is 11.1 Å². The molecule has 0 radical (unpaired) electrons. The molecule has 30 heavy (non-hydrogen) atoms. The third-order valence-electron chi connectivity index (χ3n) is 4.70. The summed E-state index contributed by atoms with van der Waals surface area (Å²) in [5, 5.41) is -0.638. The van der Waals surface area contributed by atoms with Crippen LogP contribution in [0.1, 0.15) is 30.5 Å². The van der Waals surface area contributed by atoms with E-state index in [9.17, 15) is 22.0 Å². The van der Waals surface area contributed by atoms with Crippen LogP contribution in [0, 0.1) is 17.5 Å². The van der Waals surface area contributed by atoms with Crippen LogP contribution in [0.4, 0.5) is 22.0 Å². The Hall–Kier alpha value is -3.15. The number of aryl methyl sites for hydroxylation is 1. The van der Waals surface area contributed by atoms with Gasteiger partial charge in [-0.25, -0.2) is 22.0 Å². The van der Waals surface area contributed by atoms with E-state index < -0.39 is 40.1 Å². The van der Waals surface area contributed by atoms with E-state index in [2.05, 4.69) is 0 Å². The molecule has 0 saturated carbocycles. The number of hydrogen-bond donors (Lipinski definition) is 0. The summed E-state index contributed by atoms with van der Waals surface area (Å²) >= 11 is 0. The van der Waals surface area contributed by atoms with Gasteiger partial charge in [0.1, 0.15) is 18.2 Å². The maximum Gasteiger partial charge on any atom is 0.169 e. The Balaban J connectivity index is 2.02. The molecule has 0 aliphatic carbocycles. The highest BCUT2D eigenvalue weighted by molar-refractivity contribution is 5.91. The molecular formula is C24H19F5O. The molecule has 0 spiro atoms. The molecule has 3 aromatic carbocycles. The van der Waals surface area contributed by atoms with Gasteiger partial charge in [0.25, 0.3) is 0 Å². The van der Waals surface area contributed by atoms with Gasteiger partial charge < -0.3 is 4.74 Å². The van der Waals surface area contributed by atoms with E-state index in [0.29, 0.717) is 12.4 Å². The topological polar surface area (TPSA) is 9.23 Å². The largest absolute Gasteiger partial charge is 0.490 e. The first-order valence-corrected chi connectivity index (χ1v) is 9.38. The van der Waals surface area contributed by atoms with Gasteiger partial charge in [-0.05, 0) is 60.7 Å². The van der Waals surface area contributed by atoms with Crippen LogP contribution in [-0.2, 0) is 6.42 Å². The molecule has 156 valence electrons. The van der Waals surface area contributed by atoms with Gasteiger partial charge in [0.2, 0.25) is 0 Å². The Kier molecular flexibility index (Phi) is 6.55. The van der Waals surface area contributed by atoms with Crippen molar-refractivity contribution >= 4 is 22.4 Å². The van der Waals surface area contributed by atoms with Crippen LogP contribution in [0.2, 0.25) is 0 Å². The monoisotopic (exact) mass is 418 g/mol. The van der Waals surface area contributed by atoms with Crippen LogP contribution < -0.4 is 4.74 Å². The molecule has 0 atom stereocenters. The highest BCUT2D eigenvalue weighted by Gasteiger charge is 2.22. The Morgan fingerprint density at radius 1 is 0.900 bits per heavy atom. The number of rotatable bonds is 6. The van der Waals surface area contributed by atoms with Gasteiger partial charge in [0.15, 0.2) is 23.3 Å². The molecule has 0 fully saturated rings. The summed E-state index contributed by atoms with van der Waals surface area (Å²) in [6, 6.07) is 9.01. The number of hydrogen-bond acceptors (Lipinski definition) is 1. The molecule has 0 aromatic heterocycles. The number of allylic oxidation sites excluding steroid dienone is 1. The second-order valence-electron chi connectivity index (χ2n) is 6.57. The van der Waals surface area contributed by atoms with Crippen LogP contribution in [0.25, 0.3) is 22.4 Å². The minimum atomic E-state index is -1.50. The third-order valence-corrected chi connectivity index (χ3v) is 4.70. The molecule has 0 bridgehead atoms. The average molecular weight is 418 g/mol. The predicted octanol–water partition coefficient (Wildman–Crippen LogP) is 7.54. The lowest BCUT2D eigenvalue weighted by Crippen LogP contribution is -1.99.